The summed E-state index contributed by atoms with van der Waals surface area (Å²) < 4.78 is 0. The third-order valence-electron chi connectivity index (χ3n) is 2.23. The molecule has 2 amide bonds. The molecule has 4 heteroatoms. The summed E-state index contributed by atoms with van der Waals surface area (Å²) in [4.78, 5) is 20.8. The van der Waals surface area contributed by atoms with E-state index in [-0.39, 0.29) is 6.04 Å². The predicted molar refractivity (Wildman–Crippen MR) is 58.4 cm³/mol. The number of rotatable bonds is 6. The van der Waals surface area contributed by atoms with Crippen LogP contribution >= 0.6 is 0 Å². The second-order valence-electron chi connectivity index (χ2n) is 3.09. The van der Waals surface area contributed by atoms with E-state index < -0.39 is 0 Å². The van der Waals surface area contributed by atoms with Crippen LogP contribution in [0.5, 0.6) is 0 Å². The lowest BCUT2D eigenvalue weighted by Crippen LogP contribution is -2.19. The Hall–Kier alpha value is -1.84. The normalized spacial score (nSPS) is 11.5. The molecule has 0 radical (unpaired) electrons. The van der Waals surface area contributed by atoms with Crippen LogP contribution in [0.1, 0.15) is 24.9 Å². The van der Waals surface area contributed by atoms with Crippen LogP contribution in [0.4, 0.5) is 5.69 Å². The second-order valence-corrected chi connectivity index (χ2v) is 3.09. The van der Waals surface area contributed by atoms with Gasteiger partial charge in [-0.05, 0) is 18.1 Å². The molecule has 2 N–H and O–H groups in total. The SMILES string of the molecule is CCC(NC=O)c1ccccc1NC=O. The standard InChI is InChI=1S/C11H14N2O2/c1-2-10(12-7-14)9-5-3-4-6-11(9)13-8-15/h3-8,10H,2H2,1H3,(H,12,14)(H,13,15). The third-order valence-corrected chi connectivity index (χ3v) is 2.23. The Morgan fingerprint density at radius 2 is 2.00 bits per heavy atom. The van der Waals surface area contributed by atoms with E-state index >= 15 is 0 Å². The maximum atomic E-state index is 10.4. The number of hydrogen-bond donors (Lipinski definition) is 2. The van der Waals surface area contributed by atoms with Gasteiger partial charge in [0.15, 0.2) is 0 Å². The molecule has 0 aliphatic carbocycles. The Kier molecular flexibility index (Phi) is 4.34. The topological polar surface area (TPSA) is 58.2 Å². The van der Waals surface area contributed by atoms with Gasteiger partial charge in [0.25, 0.3) is 0 Å². The van der Waals surface area contributed by atoms with Crippen molar-refractivity contribution in [3.63, 3.8) is 0 Å². The fourth-order valence-corrected chi connectivity index (χ4v) is 1.51. The Balaban J connectivity index is 2.98. The van der Waals surface area contributed by atoms with Gasteiger partial charge in [0, 0.05) is 5.69 Å². The van der Waals surface area contributed by atoms with Crippen LogP contribution in [0.3, 0.4) is 0 Å². The zero-order valence-corrected chi connectivity index (χ0v) is 8.57. The smallest absolute Gasteiger partial charge is 0.211 e. The fraction of sp³-hybridized carbons (Fsp3) is 0.273. The highest BCUT2D eigenvalue weighted by Crippen LogP contribution is 2.24. The summed E-state index contributed by atoms with van der Waals surface area (Å²) in [6.45, 7) is 1.97. The highest BCUT2D eigenvalue weighted by molar-refractivity contribution is 5.73. The average molecular weight is 206 g/mol. The molecule has 0 spiro atoms. The summed E-state index contributed by atoms with van der Waals surface area (Å²) >= 11 is 0. The first-order valence-corrected chi connectivity index (χ1v) is 4.82. The summed E-state index contributed by atoms with van der Waals surface area (Å²) in [5.41, 5.74) is 1.65. The van der Waals surface area contributed by atoms with Gasteiger partial charge in [-0.2, -0.15) is 0 Å². The number of para-hydroxylation sites is 1. The number of amides is 2. The maximum Gasteiger partial charge on any atom is 0.211 e. The number of carbonyl (C=O) groups is 2. The molecule has 0 fully saturated rings. The minimum atomic E-state index is -0.0638. The summed E-state index contributed by atoms with van der Waals surface area (Å²) in [7, 11) is 0. The molecule has 0 bridgehead atoms. The molecule has 4 nitrogen and oxygen atoms in total. The molecule has 1 rings (SSSR count). The first kappa shape index (κ1) is 11.2. The highest BCUT2D eigenvalue weighted by atomic mass is 16.1. The van der Waals surface area contributed by atoms with Crippen LogP contribution in [-0.4, -0.2) is 12.8 Å². The van der Waals surface area contributed by atoms with Crippen LogP contribution in [-0.2, 0) is 9.59 Å². The molecular formula is C11H14N2O2. The van der Waals surface area contributed by atoms with E-state index in [1.165, 1.54) is 0 Å². The molecule has 1 aromatic rings. The molecule has 0 saturated heterocycles. The maximum absolute atomic E-state index is 10.4. The lowest BCUT2D eigenvalue weighted by molar-refractivity contribution is -0.110. The predicted octanol–water partition coefficient (Wildman–Crippen LogP) is 1.45. The molecule has 1 aromatic carbocycles. The summed E-state index contributed by atoms with van der Waals surface area (Å²) in [6.07, 6.45) is 2.08. The largest absolute Gasteiger partial charge is 0.352 e. The Morgan fingerprint density at radius 1 is 1.27 bits per heavy atom. The molecule has 0 saturated carbocycles. The van der Waals surface area contributed by atoms with Crippen molar-refractivity contribution >= 4 is 18.5 Å². The van der Waals surface area contributed by atoms with E-state index in [1.54, 1.807) is 6.07 Å². The van der Waals surface area contributed by atoms with Crippen LogP contribution in [0, 0.1) is 0 Å². The number of anilines is 1. The zero-order chi connectivity index (χ0) is 11.1. The number of nitrogens with one attached hydrogen (secondary N) is 2. The first-order valence-electron chi connectivity index (χ1n) is 4.82. The van der Waals surface area contributed by atoms with Crippen LogP contribution in [0.15, 0.2) is 24.3 Å². The number of benzene rings is 1. The van der Waals surface area contributed by atoms with E-state index in [4.69, 9.17) is 0 Å². The van der Waals surface area contributed by atoms with Gasteiger partial charge < -0.3 is 10.6 Å². The molecule has 0 heterocycles. The Morgan fingerprint density at radius 3 is 2.60 bits per heavy atom. The summed E-state index contributed by atoms with van der Waals surface area (Å²) in [5, 5.41) is 5.32. The van der Waals surface area contributed by atoms with E-state index in [2.05, 4.69) is 10.6 Å². The van der Waals surface area contributed by atoms with Gasteiger partial charge in [0.05, 0.1) is 6.04 Å². The van der Waals surface area contributed by atoms with E-state index in [0.29, 0.717) is 12.8 Å². The van der Waals surface area contributed by atoms with Crippen molar-refractivity contribution in [3.8, 4) is 0 Å². The average Bonchev–Trinajstić information content (AvgIpc) is 2.27. The Labute approximate surface area is 88.7 Å². The number of carbonyl (C=O) groups excluding carboxylic acids is 2. The van der Waals surface area contributed by atoms with Gasteiger partial charge in [-0.3, -0.25) is 9.59 Å². The van der Waals surface area contributed by atoms with Crippen LogP contribution in [0.25, 0.3) is 0 Å². The Bertz CT molecular complexity index is 339. The molecule has 80 valence electrons. The number of hydrogen-bond acceptors (Lipinski definition) is 2. The lowest BCUT2D eigenvalue weighted by atomic mass is 10.0. The third kappa shape index (κ3) is 2.80. The monoisotopic (exact) mass is 206 g/mol. The van der Waals surface area contributed by atoms with Crippen molar-refractivity contribution in [2.24, 2.45) is 0 Å². The molecule has 1 unspecified atom stereocenters. The second kappa shape index (κ2) is 5.80. The molecule has 15 heavy (non-hydrogen) atoms. The van der Waals surface area contributed by atoms with Gasteiger partial charge in [-0.1, -0.05) is 25.1 Å². The van der Waals surface area contributed by atoms with Crippen molar-refractivity contribution in [1.29, 1.82) is 0 Å². The zero-order valence-electron chi connectivity index (χ0n) is 8.57. The van der Waals surface area contributed by atoms with Crippen molar-refractivity contribution < 1.29 is 9.59 Å². The van der Waals surface area contributed by atoms with E-state index in [1.807, 2.05) is 25.1 Å². The van der Waals surface area contributed by atoms with Gasteiger partial charge in [0.2, 0.25) is 12.8 Å². The van der Waals surface area contributed by atoms with Crippen molar-refractivity contribution in [2.45, 2.75) is 19.4 Å². The molecule has 1 atom stereocenters. The van der Waals surface area contributed by atoms with Gasteiger partial charge in [-0.15, -0.1) is 0 Å². The fourth-order valence-electron chi connectivity index (χ4n) is 1.51. The first-order chi connectivity index (χ1) is 7.33. The van der Waals surface area contributed by atoms with Gasteiger partial charge in [-0.25, -0.2) is 0 Å². The van der Waals surface area contributed by atoms with Gasteiger partial charge >= 0.3 is 0 Å². The summed E-state index contributed by atoms with van der Waals surface area (Å²) in [6, 6.07) is 7.34. The molecule has 0 aliphatic heterocycles. The molecular weight excluding hydrogens is 192 g/mol. The van der Waals surface area contributed by atoms with Crippen LogP contribution < -0.4 is 10.6 Å². The summed E-state index contributed by atoms with van der Waals surface area (Å²) in [5.74, 6) is 0. The minimum absolute atomic E-state index is 0.0638. The molecule has 0 aromatic heterocycles. The van der Waals surface area contributed by atoms with Crippen LogP contribution in [0.2, 0.25) is 0 Å². The lowest BCUT2D eigenvalue weighted by Gasteiger charge is -2.17. The minimum Gasteiger partial charge on any atom is -0.352 e. The van der Waals surface area contributed by atoms with E-state index in [0.717, 1.165) is 17.7 Å². The molecule has 0 aliphatic rings. The van der Waals surface area contributed by atoms with E-state index in [9.17, 15) is 9.59 Å². The van der Waals surface area contributed by atoms with Crippen molar-refractivity contribution in [1.82, 2.24) is 5.32 Å². The van der Waals surface area contributed by atoms with Crippen molar-refractivity contribution in [2.75, 3.05) is 5.32 Å². The van der Waals surface area contributed by atoms with Crippen molar-refractivity contribution in [3.05, 3.63) is 29.8 Å². The quantitative estimate of drug-likeness (QED) is 0.692. The van der Waals surface area contributed by atoms with Gasteiger partial charge in [0.1, 0.15) is 0 Å². The highest BCUT2D eigenvalue weighted by Gasteiger charge is 2.11.